The number of aliphatic carboxylic acids is 2. The number of hydrogen-bond acceptors (Lipinski definition) is 36. The number of ether oxygens (including phenoxy) is 1. The van der Waals surface area contributed by atoms with Crippen LogP contribution in [0.25, 0.3) is 0 Å². The molecule has 3 aliphatic heterocycles. The monoisotopic (exact) mass is 2060 g/mol. The molecule has 2 unspecified atom stereocenters. The molecule has 0 bridgehead atoms. The Balaban J connectivity index is 0.000000172. The van der Waals surface area contributed by atoms with E-state index < -0.39 is 171 Å². The topological polar surface area (TPSA) is 658 Å². The molecule has 37 nitrogen and oxygen atoms in total. The first kappa shape index (κ1) is 117. The van der Waals surface area contributed by atoms with Crippen LogP contribution in [-0.4, -0.2) is 293 Å². The number of aliphatic hydroxyl groups excluding tert-OH is 8. The van der Waals surface area contributed by atoms with E-state index in [2.05, 4.69) is 40.3 Å². The molecule has 142 heavy (non-hydrogen) atoms. The fourth-order valence-electron chi connectivity index (χ4n) is 32.5. The van der Waals surface area contributed by atoms with Gasteiger partial charge in [-0.15, -0.1) is 28.6 Å². The van der Waals surface area contributed by atoms with Crippen LogP contribution >= 0.6 is 36.2 Å². The van der Waals surface area contributed by atoms with Gasteiger partial charge >= 0.3 is 47.5 Å². The van der Waals surface area contributed by atoms with Crippen LogP contribution in [0.5, 0.6) is 0 Å². The summed E-state index contributed by atoms with van der Waals surface area (Å²) in [6.45, 7) is 13.5. The number of carboxylic acids is 2. The van der Waals surface area contributed by atoms with E-state index in [1.54, 1.807) is 6.08 Å². The Morgan fingerprint density at radius 1 is 0.423 bits per heavy atom. The average molecular weight is 2070 g/mol. The first-order valence-electron chi connectivity index (χ1n) is 49.9. The third kappa shape index (κ3) is 19.3. The van der Waals surface area contributed by atoms with E-state index in [1.165, 1.54) is 29.1 Å². The summed E-state index contributed by atoms with van der Waals surface area (Å²) in [5.41, 5.74) is -7.76. The second kappa shape index (κ2) is 43.9. The Labute approximate surface area is 861 Å². The summed E-state index contributed by atoms with van der Waals surface area (Å²) in [6, 6.07) is 0. The number of carboxylic acid groups (broad SMARTS) is 2. The van der Waals surface area contributed by atoms with Gasteiger partial charge < -0.3 is 86.5 Å². The van der Waals surface area contributed by atoms with Crippen molar-refractivity contribution in [3.05, 3.63) is 32.6 Å². The number of allylic oxidation sites excluding steroid dienone is 3. The number of imide groups is 2. The number of Topliss-reactive ketones (excluding diaryl/α,β-unsaturated/α-hetero) is 7. The maximum absolute atomic E-state index is 13.1. The van der Waals surface area contributed by atoms with E-state index >= 15 is 0 Å². The van der Waals surface area contributed by atoms with Crippen LogP contribution in [0.2, 0.25) is 0 Å². The zero-order valence-electron chi connectivity index (χ0n) is 82.7. The molecular weight excluding hydrogens is 1920 g/mol. The molecule has 13 saturated carbocycles. The van der Waals surface area contributed by atoms with Gasteiger partial charge in [-0.25, -0.2) is 4.79 Å². The predicted octanol–water partition coefficient (Wildman–Crippen LogP) is 3.69. The second-order valence-electron chi connectivity index (χ2n) is 45.2. The van der Waals surface area contributed by atoms with Crippen LogP contribution in [0.4, 0.5) is 0 Å². The number of epoxide rings is 1. The predicted molar refractivity (Wildman–Crippen MR) is 503 cm³/mol. The van der Waals surface area contributed by atoms with Crippen molar-refractivity contribution in [3.8, 4) is 0 Å². The van der Waals surface area contributed by atoms with E-state index in [-0.39, 0.29) is 220 Å². The summed E-state index contributed by atoms with van der Waals surface area (Å²) in [6.07, 6.45) is 15.3. The molecule has 19 aliphatic rings. The van der Waals surface area contributed by atoms with Crippen LogP contribution < -0.4 is 29.6 Å². The van der Waals surface area contributed by atoms with E-state index in [4.69, 9.17) is 35.5 Å². The number of aliphatic hydroxyl groups is 12. The molecule has 3 saturated heterocycles. The summed E-state index contributed by atoms with van der Waals surface area (Å²) in [7, 11) is 0. The fourth-order valence-corrected chi connectivity index (χ4v) is 35.2. The van der Waals surface area contributed by atoms with Gasteiger partial charge in [0.05, 0.1) is 53.5 Å². The second-order valence-corrected chi connectivity index (χ2v) is 47.9. The number of rotatable bonds is 19. The van der Waals surface area contributed by atoms with Crippen molar-refractivity contribution in [3.63, 3.8) is 0 Å². The van der Waals surface area contributed by atoms with Gasteiger partial charge in [0.1, 0.15) is 60.5 Å². The van der Waals surface area contributed by atoms with Crippen LogP contribution in [0.3, 0.4) is 0 Å². The minimum Gasteiger partial charge on any atom is -0.870 e. The molecule has 0 radical (unpaired) electrons. The number of carbonyl (C=O) groups is 15. The molecule has 0 aromatic carbocycles. The molecule has 19 rings (SSSR count). The number of thiol groups is 1. The van der Waals surface area contributed by atoms with Gasteiger partial charge in [-0.05, 0) is 259 Å². The zero-order valence-corrected chi connectivity index (χ0v) is 87.3. The number of hydroxylamine groups is 4. The summed E-state index contributed by atoms with van der Waals surface area (Å²) >= 11 is 6.31. The summed E-state index contributed by atoms with van der Waals surface area (Å²) in [5.74, 6) is -4.24. The van der Waals surface area contributed by atoms with Crippen molar-refractivity contribution >= 4 is 124 Å². The van der Waals surface area contributed by atoms with Gasteiger partial charge in [-0.2, -0.15) is 17.7 Å². The minimum absolute atomic E-state index is 0. The number of ketones is 8. The van der Waals surface area contributed by atoms with Gasteiger partial charge in [-0.3, -0.25) is 82.8 Å². The standard InChI is InChI=1S/C28H37NO9S.C24H34O7S.C21H30O6.C21H30O5.C4H5NO3.C3H6O2S.Na.H2O2.H2O/c1-26-10-8-18(31)25(39-12-9-23(36)38-29-21(34)5-6-22(29)35)17(26)4-3-15-16-7-11-28(37,20(33)14-30)27(16,2)13-19(32)24(15)26;1-22-8-6-16(26)21(32-10-7-19(29)30)15(22)4-3-13-14-5-9-24(31,18(28)12-25)23(14,2)11-17(27)20(13)22;1-18-6-5-13(23)17-21(18,27-17)8-3-11-12-4-7-20(26,15(25)10-22)19(12,2)9-14(24)16(11)18;1-19-7-5-13(23)9-12(19)3-4-14-15-6-8-21(26,17(25)11-22)20(15,2)10-16(24)18(14)19;6-3-1-2-4(7)5(3)8;4-3(5)1-2-6;;1-2;/h15-16,19,24,30,32,37H,3-14H2,1-2H3;13-14,17,20,25,27,31H,3-12H2,1-2H3,(H,29,30);11-12,14,16-17,22,24,26H,3-10H2,1-2H3;9,14-16,18,22,24,26H,3-8,10-11H2,1-2H3;8H,1-2H2;6H,1-2H2,(H,4,5);;1-2H;1H2/q;;;;;;+1;;/p-1/t15-,16-,19-,24+,26-,27-,28-;13-,14-,17-,20+,22-,23-,24-;11-,12-,14-,16+,17?,18+,19-,20-,21?;14-,15-,16-,18+,19-,20-,21-;;;;;/m0000...../s1. The van der Waals surface area contributed by atoms with Gasteiger partial charge in [0.25, 0.3) is 23.6 Å². The fraction of sp³-hybridized carbons (Fsp3) is 0.792. The van der Waals surface area contributed by atoms with E-state index in [9.17, 15) is 133 Å². The Bertz CT molecular complexity index is 5000. The average Bonchev–Trinajstić information content (AvgIpc) is 1.49. The van der Waals surface area contributed by atoms with Crippen molar-refractivity contribution in [2.24, 2.45) is 114 Å². The van der Waals surface area contributed by atoms with Gasteiger partial charge in [0.2, 0.25) is 0 Å². The molecule has 0 aromatic heterocycles. The minimum atomic E-state index is -1.65. The number of hydrogen-bond donors (Lipinski definition) is 18. The van der Waals surface area contributed by atoms with E-state index in [1.807, 2.05) is 27.7 Å². The molecule has 4 amide bonds. The van der Waals surface area contributed by atoms with Crippen molar-refractivity contribution < 1.29 is 204 Å². The third-order valence-electron chi connectivity index (χ3n) is 39.5. The molecule has 16 aliphatic carbocycles. The molecule has 30 atom stereocenters. The third-order valence-corrected chi connectivity index (χ3v) is 42.0. The SMILES string of the molecule is C[C@]12CCC(=O)C(SCCC(=O)O)=C1CC[C@@H]1[C@@H]2[C@@H](O)C[C@@]2(C)[C@H]1CC[C@]2(O)C(=O)CO.C[C@]12CCC(=O)C(SCCC(=O)ON3C(=O)CCC3=O)=C1CC[C@@H]1[C@@H]2[C@@H](O)C[C@@]2(C)[C@H]1CC[C@]2(O)C(=O)CO.C[C@]12CCC(=O)C=C1CC[C@@H]1[C@@H]2[C@@H](O)C[C@@]2(C)[C@H]1CC[C@]2(O)C(=O)CO.C[C@]12C[C@H](O)[C@H]3[C@@H](CCC45OC4C(=O)CC[C@]35C)[C@@H]1CC[C@]2(O)C(=O)CO.O=C(O)CCS.O=C1CCC(=O)N1O.OO.[Na+].[OH-]. The first-order valence-corrected chi connectivity index (χ1v) is 52.6. The molecule has 18 N–H and O–H groups in total. The van der Waals surface area contributed by atoms with Crippen LogP contribution in [-0.2, 0) is 81.5 Å². The van der Waals surface area contributed by atoms with Gasteiger partial charge in [-0.1, -0.05) is 61.0 Å². The molecule has 1 spiro atoms. The molecule has 788 valence electrons. The van der Waals surface area contributed by atoms with Gasteiger partial charge in [0.15, 0.2) is 46.3 Å². The quantitative estimate of drug-likeness (QED) is 0.0167. The first-order chi connectivity index (χ1) is 65.7. The molecule has 41 heteroatoms. The van der Waals surface area contributed by atoms with Crippen molar-refractivity contribution in [1.29, 1.82) is 0 Å². The maximum atomic E-state index is 13.1. The number of carbonyl (C=O) groups excluding carboxylic acids is 13. The molecule has 0 aromatic rings. The summed E-state index contributed by atoms with van der Waals surface area (Å²) in [4.78, 5) is 183. The largest absolute Gasteiger partial charge is 1.00 e. The Morgan fingerprint density at radius 3 is 1.12 bits per heavy atom. The number of thioether (sulfide) groups is 2. The van der Waals surface area contributed by atoms with E-state index in [0.717, 1.165) is 75.4 Å². The summed E-state index contributed by atoms with van der Waals surface area (Å²) < 4.78 is 6.02. The molecule has 3 heterocycles. The zero-order chi connectivity index (χ0) is 103. The molecular formula is C101H145N2NaO35S3. The van der Waals surface area contributed by atoms with Crippen LogP contribution in [0, 0.1) is 114 Å². The van der Waals surface area contributed by atoms with Crippen LogP contribution in [0.15, 0.2) is 32.6 Å². The maximum Gasteiger partial charge on any atom is 1.00 e. The van der Waals surface area contributed by atoms with Crippen LogP contribution in [0.1, 0.15) is 280 Å². The normalized spacial score (nSPS) is 42.7. The number of amides is 4. The summed E-state index contributed by atoms with van der Waals surface area (Å²) in [5, 5.41) is 166. The number of fused-ring (bicyclic) bond motifs is 19. The Morgan fingerprint density at radius 2 is 0.768 bits per heavy atom. The van der Waals surface area contributed by atoms with Crippen molar-refractivity contribution in [2.75, 3.05) is 43.7 Å². The molecule has 16 fully saturated rings. The number of nitrogens with zero attached hydrogens (tertiary/aromatic N) is 2. The Kier molecular flexibility index (Phi) is 36.2. The smallest absolute Gasteiger partial charge is 0.870 e. The van der Waals surface area contributed by atoms with Gasteiger partial charge in [0, 0.05) is 95.7 Å². The van der Waals surface area contributed by atoms with Crippen molar-refractivity contribution in [1.82, 2.24) is 10.1 Å². The van der Waals surface area contributed by atoms with Crippen molar-refractivity contribution in [2.45, 2.75) is 339 Å². The van der Waals surface area contributed by atoms with E-state index in [0.29, 0.717) is 129 Å². The Hall–Kier alpha value is -5.36.